The fourth-order valence-corrected chi connectivity index (χ4v) is 1.99. The lowest BCUT2D eigenvalue weighted by atomic mass is 10.1. The maximum atomic E-state index is 11.0. The maximum Gasteiger partial charge on any atom is 0.231 e. The van der Waals surface area contributed by atoms with Crippen LogP contribution in [0.5, 0.6) is 0 Å². The largest absolute Gasteiger partial charge is 0.398 e. The summed E-state index contributed by atoms with van der Waals surface area (Å²) in [5.74, 6) is 0.458. The Bertz CT molecular complexity index is 401. The molecule has 1 saturated carbocycles. The van der Waals surface area contributed by atoms with Crippen LogP contribution in [0.15, 0.2) is 24.3 Å². The Labute approximate surface area is 102 Å². The highest BCUT2D eigenvalue weighted by Gasteiger charge is 2.25. The van der Waals surface area contributed by atoms with E-state index < -0.39 is 0 Å². The van der Waals surface area contributed by atoms with Crippen LogP contribution >= 0.6 is 0 Å². The van der Waals surface area contributed by atoms with Crippen molar-refractivity contribution in [3.63, 3.8) is 0 Å². The Hall–Kier alpha value is -1.55. The van der Waals surface area contributed by atoms with E-state index in [1.165, 1.54) is 12.8 Å². The van der Waals surface area contributed by atoms with E-state index in [1.807, 2.05) is 24.3 Å². The monoisotopic (exact) mass is 233 g/mol. The number of nitrogen functional groups attached to an aromatic ring is 1. The maximum absolute atomic E-state index is 11.0. The Balaban J connectivity index is 2.00. The first-order chi connectivity index (χ1) is 8.15. The van der Waals surface area contributed by atoms with Crippen molar-refractivity contribution in [1.82, 2.24) is 4.90 Å². The first kappa shape index (κ1) is 11.9. The predicted molar refractivity (Wildman–Crippen MR) is 68.0 cm³/mol. The van der Waals surface area contributed by atoms with Gasteiger partial charge in [0.1, 0.15) is 0 Å². The van der Waals surface area contributed by atoms with Gasteiger partial charge in [-0.3, -0.25) is 9.69 Å². The fourth-order valence-electron chi connectivity index (χ4n) is 1.99. The summed E-state index contributed by atoms with van der Waals surface area (Å²) in [5.41, 5.74) is 13.0. The van der Waals surface area contributed by atoms with E-state index in [0.717, 1.165) is 23.7 Å². The highest BCUT2D eigenvalue weighted by atomic mass is 16.1. The van der Waals surface area contributed by atoms with Gasteiger partial charge in [0, 0.05) is 18.8 Å². The number of para-hydroxylation sites is 1. The molecular weight excluding hydrogens is 214 g/mol. The molecule has 4 heteroatoms. The quantitative estimate of drug-likeness (QED) is 0.719. The van der Waals surface area contributed by atoms with Crippen LogP contribution in [0.2, 0.25) is 0 Å². The Morgan fingerprint density at radius 3 is 2.65 bits per heavy atom. The lowest BCUT2D eigenvalue weighted by Gasteiger charge is -2.21. The van der Waals surface area contributed by atoms with Crippen LogP contribution in [0.3, 0.4) is 0 Å². The zero-order valence-corrected chi connectivity index (χ0v) is 9.93. The van der Waals surface area contributed by atoms with Gasteiger partial charge in [0.15, 0.2) is 0 Å². The van der Waals surface area contributed by atoms with Gasteiger partial charge in [-0.15, -0.1) is 0 Å². The molecule has 4 nitrogen and oxygen atoms in total. The molecule has 1 aliphatic rings. The van der Waals surface area contributed by atoms with Crippen molar-refractivity contribution in [2.24, 2.45) is 11.7 Å². The van der Waals surface area contributed by atoms with Crippen molar-refractivity contribution < 1.29 is 4.79 Å². The Morgan fingerprint density at radius 1 is 1.35 bits per heavy atom. The van der Waals surface area contributed by atoms with Crippen molar-refractivity contribution in [2.75, 3.05) is 18.8 Å². The summed E-state index contributed by atoms with van der Waals surface area (Å²) >= 11 is 0. The van der Waals surface area contributed by atoms with Crippen molar-refractivity contribution in [3.05, 3.63) is 29.8 Å². The van der Waals surface area contributed by atoms with E-state index in [-0.39, 0.29) is 5.91 Å². The van der Waals surface area contributed by atoms with Crippen molar-refractivity contribution >= 4 is 11.6 Å². The second-order valence-corrected chi connectivity index (χ2v) is 4.78. The van der Waals surface area contributed by atoms with Gasteiger partial charge in [0.25, 0.3) is 0 Å². The Kier molecular flexibility index (Phi) is 3.64. The molecule has 1 aromatic carbocycles. The molecule has 1 fully saturated rings. The third-order valence-electron chi connectivity index (χ3n) is 3.04. The number of hydrogen-bond donors (Lipinski definition) is 2. The molecular formula is C13H19N3O. The normalized spacial score (nSPS) is 15.1. The molecule has 0 bridgehead atoms. The molecule has 1 aliphatic carbocycles. The summed E-state index contributed by atoms with van der Waals surface area (Å²) in [6.45, 7) is 1.95. The SMILES string of the molecule is NC(=O)CN(Cc1ccccc1N)CC1CC1. The number of nitrogens with zero attached hydrogens (tertiary/aromatic N) is 1. The number of primary amides is 1. The minimum Gasteiger partial charge on any atom is -0.398 e. The number of benzene rings is 1. The molecule has 4 N–H and O–H groups in total. The van der Waals surface area contributed by atoms with Crippen LogP contribution in [0, 0.1) is 5.92 Å². The lowest BCUT2D eigenvalue weighted by molar-refractivity contribution is -0.119. The smallest absolute Gasteiger partial charge is 0.231 e. The van der Waals surface area contributed by atoms with Gasteiger partial charge < -0.3 is 11.5 Å². The van der Waals surface area contributed by atoms with Gasteiger partial charge in [-0.1, -0.05) is 18.2 Å². The topological polar surface area (TPSA) is 72.4 Å². The summed E-state index contributed by atoms with van der Waals surface area (Å²) in [6.07, 6.45) is 2.53. The number of amides is 1. The molecule has 0 spiro atoms. The average molecular weight is 233 g/mol. The van der Waals surface area contributed by atoms with Gasteiger partial charge in [-0.2, -0.15) is 0 Å². The fraction of sp³-hybridized carbons (Fsp3) is 0.462. The summed E-state index contributed by atoms with van der Waals surface area (Å²) in [4.78, 5) is 13.1. The number of carbonyl (C=O) groups is 1. The predicted octanol–water partition coefficient (Wildman–Crippen LogP) is 0.966. The molecule has 1 aromatic rings. The zero-order valence-electron chi connectivity index (χ0n) is 9.93. The first-order valence-electron chi connectivity index (χ1n) is 5.99. The molecule has 92 valence electrons. The number of anilines is 1. The highest BCUT2D eigenvalue weighted by Crippen LogP contribution is 2.30. The first-order valence-corrected chi connectivity index (χ1v) is 5.99. The molecule has 0 unspecified atom stereocenters. The van der Waals surface area contributed by atoms with E-state index in [2.05, 4.69) is 4.90 Å². The molecule has 0 aliphatic heterocycles. The van der Waals surface area contributed by atoms with Gasteiger partial charge in [0.2, 0.25) is 5.91 Å². The minimum atomic E-state index is -0.278. The van der Waals surface area contributed by atoms with Crippen LogP contribution in [-0.4, -0.2) is 23.9 Å². The number of rotatable bonds is 6. The highest BCUT2D eigenvalue weighted by molar-refractivity contribution is 5.75. The van der Waals surface area contributed by atoms with E-state index in [4.69, 9.17) is 11.5 Å². The van der Waals surface area contributed by atoms with E-state index in [1.54, 1.807) is 0 Å². The molecule has 0 aromatic heterocycles. The van der Waals surface area contributed by atoms with Crippen LogP contribution in [0.1, 0.15) is 18.4 Å². The summed E-state index contributed by atoms with van der Waals surface area (Å²) in [6, 6.07) is 7.76. The zero-order chi connectivity index (χ0) is 12.3. The van der Waals surface area contributed by atoms with E-state index >= 15 is 0 Å². The third-order valence-corrected chi connectivity index (χ3v) is 3.04. The standard InChI is InChI=1S/C13H19N3O/c14-12-4-2-1-3-11(12)8-16(9-13(15)17)7-10-5-6-10/h1-4,10H,5-9,14H2,(H2,15,17). The second-order valence-electron chi connectivity index (χ2n) is 4.78. The number of carbonyl (C=O) groups excluding carboxylic acids is 1. The van der Waals surface area contributed by atoms with Crippen molar-refractivity contribution in [2.45, 2.75) is 19.4 Å². The third kappa shape index (κ3) is 3.75. The molecule has 1 amide bonds. The summed E-state index contributed by atoms with van der Waals surface area (Å²) in [7, 11) is 0. The minimum absolute atomic E-state index is 0.278. The van der Waals surface area contributed by atoms with Crippen LogP contribution < -0.4 is 11.5 Å². The lowest BCUT2D eigenvalue weighted by Crippen LogP contribution is -2.35. The average Bonchev–Trinajstić information content (AvgIpc) is 3.04. The van der Waals surface area contributed by atoms with Crippen LogP contribution in [-0.2, 0) is 11.3 Å². The van der Waals surface area contributed by atoms with Crippen molar-refractivity contribution in [1.29, 1.82) is 0 Å². The molecule has 2 rings (SSSR count). The molecule has 0 saturated heterocycles. The van der Waals surface area contributed by atoms with Gasteiger partial charge >= 0.3 is 0 Å². The number of nitrogens with two attached hydrogens (primary N) is 2. The number of hydrogen-bond acceptors (Lipinski definition) is 3. The van der Waals surface area contributed by atoms with Gasteiger partial charge in [0.05, 0.1) is 6.54 Å². The summed E-state index contributed by atoms with van der Waals surface area (Å²) < 4.78 is 0. The van der Waals surface area contributed by atoms with Crippen molar-refractivity contribution in [3.8, 4) is 0 Å². The van der Waals surface area contributed by atoms with Gasteiger partial charge in [-0.05, 0) is 30.4 Å². The van der Waals surface area contributed by atoms with Crippen LogP contribution in [0.25, 0.3) is 0 Å². The molecule has 0 radical (unpaired) electrons. The van der Waals surface area contributed by atoms with E-state index in [0.29, 0.717) is 13.1 Å². The van der Waals surface area contributed by atoms with Crippen LogP contribution in [0.4, 0.5) is 5.69 Å². The molecule has 17 heavy (non-hydrogen) atoms. The second kappa shape index (κ2) is 5.19. The molecule has 0 atom stereocenters. The Morgan fingerprint density at radius 2 is 2.06 bits per heavy atom. The van der Waals surface area contributed by atoms with E-state index in [9.17, 15) is 4.79 Å². The summed E-state index contributed by atoms with van der Waals surface area (Å²) in [5, 5.41) is 0. The molecule has 0 heterocycles. The van der Waals surface area contributed by atoms with Gasteiger partial charge in [-0.25, -0.2) is 0 Å².